The van der Waals surface area contributed by atoms with Crippen LogP contribution in [0.2, 0.25) is 0 Å². The summed E-state index contributed by atoms with van der Waals surface area (Å²) >= 11 is 0. The summed E-state index contributed by atoms with van der Waals surface area (Å²) in [4.78, 5) is 13.8. The van der Waals surface area contributed by atoms with E-state index in [4.69, 9.17) is 5.11 Å². The van der Waals surface area contributed by atoms with Crippen LogP contribution in [0.15, 0.2) is 0 Å². The molecule has 0 unspecified atom stereocenters. The molecule has 4 nitrogen and oxygen atoms in total. The van der Waals surface area contributed by atoms with E-state index in [-0.39, 0.29) is 12.5 Å². The van der Waals surface area contributed by atoms with Crippen molar-refractivity contribution in [2.24, 2.45) is 5.92 Å². The molecular formula is C12H24N2O2. The highest BCUT2D eigenvalue weighted by atomic mass is 16.3. The number of piperidine rings is 1. The van der Waals surface area contributed by atoms with Crippen LogP contribution in [0.3, 0.4) is 0 Å². The molecule has 0 aromatic heterocycles. The Morgan fingerprint density at radius 1 is 1.38 bits per heavy atom. The summed E-state index contributed by atoms with van der Waals surface area (Å²) in [5, 5.41) is 12.2. The van der Waals surface area contributed by atoms with Gasteiger partial charge in [0.05, 0.1) is 6.61 Å². The zero-order valence-electron chi connectivity index (χ0n) is 10.2. The largest absolute Gasteiger partial charge is 0.395 e. The van der Waals surface area contributed by atoms with Crippen LogP contribution in [0.5, 0.6) is 0 Å². The van der Waals surface area contributed by atoms with Gasteiger partial charge in [-0.05, 0) is 38.3 Å². The van der Waals surface area contributed by atoms with Crippen LogP contribution in [0, 0.1) is 5.92 Å². The molecule has 1 heterocycles. The first-order valence-corrected chi connectivity index (χ1v) is 6.37. The number of amides is 1. The Bertz CT molecular complexity index is 197. The third-order valence-corrected chi connectivity index (χ3v) is 3.14. The SMILES string of the molecule is CCCN(CCO)C(=O)CC1CCNCC1. The Morgan fingerprint density at radius 2 is 2.06 bits per heavy atom. The van der Waals surface area contributed by atoms with Crippen LogP contribution in [-0.4, -0.2) is 48.7 Å². The van der Waals surface area contributed by atoms with Crippen molar-refractivity contribution in [1.29, 1.82) is 0 Å². The molecular weight excluding hydrogens is 204 g/mol. The van der Waals surface area contributed by atoms with Crippen molar-refractivity contribution in [2.45, 2.75) is 32.6 Å². The maximum Gasteiger partial charge on any atom is 0.222 e. The number of rotatable bonds is 6. The molecule has 0 aromatic carbocycles. The average molecular weight is 228 g/mol. The molecule has 0 bridgehead atoms. The lowest BCUT2D eigenvalue weighted by atomic mass is 9.94. The molecule has 1 amide bonds. The van der Waals surface area contributed by atoms with Crippen LogP contribution in [0.4, 0.5) is 0 Å². The zero-order chi connectivity index (χ0) is 11.8. The van der Waals surface area contributed by atoms with E-state index in [0.29, 0.717) is 18.9 Å². The topological polar surface area (TPSA) is 52.6 Å². The molecule has 1 aliphatic heterocycles. The molecule has 16 heavy (non-hydrogen) atoms. The van der Waals surface area contributed by atoms with Gasteiger partial charge in [0.2, 0.25) is 5.91 Å². The van der Waals surface area contributed by atoms with Crippen LogP contribution in [0.1, 0.15) is 32.6 Å². The molecule has 1 aliphatic rings. The summed E-state index contributed by atoms with van der Waals surface area (Å²) in [7, 11) is 0. The van der Waals surface area contributed by atoms with Gasteiger partial charge in [0.1, 0.15) is 0 Å². The van der Waals surface area contributed by atoms with Gasteiger partial charge in [-0.15, -0.1) is 0 Å². The van der Waals surface area contributed by atoms with Crippen LogP contribution >= 0.6 is 0 Å². The smallest absolute Gasteiger partial charge is 0.222 e. The maximum atomic E-state index is 12.0. The quantitative estimate of drug-likeness (QED) is 0.700. The maximum absolute atomic E-state index is 12.0. The highest BCUT2D eigenvalue weighted by Crippen LogP contribution is 2.17. The molecule has 94 valence electrons. The Morgan fingerprint density at radius 3 is 2.62 bits per heavy atom. The zero-order valence-corrected chi connectivity index (χ0v) is 10.2. The minimum Gasteiger partial charge on any atom is -0.395 e. The van der Waals surface area contributed by atoms with Crippen molar-refractivity contribution in [3.8, 4) is 0 Å². The number of hydrogen-bond donors (Lipinski definition) is 2. The minimum absolute atomic E-state index is 0.0674. The molecule has 0 atom stereocenters. The second kappa shape index (κ2) is 7.63. The van der Waals surface area contributed by atoms with Gasteiger partial charge in [-0.3, -0.25) is 4.79 Å². The number of nitrogens with zero attached hydrogens (tertiary/aromatic N) is 1. The summed E-state index contributed by atoms with van der Waals surface area (Å²) < 4.78 is 0. The third kappa shape index (κ3) is 4.49. The summed E-state index contributed by atoms with van der Waals surface area (Å²) in [6.45, 7) is 5.44. The average Bonchev–Trinajstić information content (AvgIpc) is 2.30. The summed E-state index contributed by atoms with van der Waals surface area (Å²) in [5.74, 6) is 0.745. The predicted molar refractivity (Wildman–Crippen MR) is 64.2 cm³/mol. The molecule has 0 spiro atoms. The highest BCUT2D eigenvalue weighted by Gasteiger charge is 2.20. The van der Waals surface area contributed by atoms with Crippen molar-refractivity contribution in [2.75, 3.05) is 32.8 Å². The fourth-order valence-electron chi connectivity index (χ4n) is 2.21. The van der Waals surface area contributed by atoms with Crippen molar-refractivity contribution in [3.05, 3.63) is 0 Å². The Labute approximate surface area is 98.0 Å². The Hall–Kier alpha value is -0.610. The van der Waals surface area contributed by atoms with Crippen LogP contribution in [0.25, 0.3) is 0 Å². The normalized spacial score (nSPS) is 17.4. The molecule has 1 rings (SSSR count). The molecule has 1 saturated heterocycles. The monoisotopic (exact) mass is 228 g/mol. The first kappa shape index (κ1) is 13.5. The lowest BCUT2D eigenvalue weighted by molar-refractivity contribution is -0.133. The van der Waals surface area contributed by atoms with Gasteiger partial charge in [-0.1, -0.05) is 6.92 Å². The van der Waals surface area contributed by atoms with Crippen molar-refractivity contribution >= 4 is 5.91 Å². The number of nitrogens with one attached hydrogen (secondary N) is 1. The predicted octanol–water partition coefficient (Wildman–Crippen LogP) is 0.607. The number of carbonyl (C=O) groups is 1. The first-order chi connectivity index (χ1) is 7.77. The van der Waals surface area contributed by atoms with E-state index in [0.717, 1.165) is 38.9 Å². The van der Waals surface area contributed by atoms with E-state index in [9.17, 15) is 4.79 Å². The molecule has 0 aromatic rings. The Kier molecular flexibility index (Phi) is 6.42. The third-order valence-electron chi connectivity index (χ3n) is 3.14. The van der Waals surface area contributed by atoms with Gasteiger partial charge < -0.3 is 15.3 Å². The van der Waals surface area contributed by atoms with E-state index < -0.39 is 0 Å². The second-order valence-corrected chi connectivity index (χ2v) is 4.50. The second-order valence-electron chi connectivity index (χ2n) is 4.50. The summed E-state index contributed by atoms with van der Waals surface area (Å²) in [6.07, 6.45) is 3.81. The summed E-state index contributed by atoms with van der Waals surface area (Å²) in [6, 6.07) is 0. The standard InChI is InChI=1S/C12H24N2O2/c1-2-7-14(8-9-15)12(16)10-11-3-5-13-6-4-11/h11,13,15H,2-10H2,1H3. The van der Waals surface area contributed by atoms with E-state index in [1.54, 1.807) is 4.90 Å². The molecule has 0 aliphatic carbocycles. The lowest BCUT2D eigenvalue weighted by Gasteiger charge is -2.26. The number of carbonyl (C=O) groups excluding carboxylic acids is 1. The molecule has 0 saturated carbocycles. The number of aliphatic hydroxyl groups is 1. The Balaban J connectivity index is 2.34. The molecule has 0 radical (unpaired) electrons. The van der Waals surface area contributed by atoms with Crippen LogP contribution in [-0.2, 0) is 4.79 Å². The fraction of sp³-hybridized carbons (Fsp3) is 0.917. The van der Waals surface area contributed by atoms with Crippen LogP contribution < -0.4 is 5.32 Å². The van der Waals surface area contributed by atoms with Gasteiger partial charge in [-0.25, -0.2) is 0 Å². The van der Waals surface area contributed by atoms with Gasteiger partial charge in [-0.2, -0.15) is 0 Å². The van der Waals surface area contributed by atoms with E-state index in [1.807, 2.05) is 0 Å². The molecule has 1 fully saturated rings. The highest BCUT2D eigenvalue weighted by molar-refractivity contribution is 5.76. The lowest BCUT2D eigenvalue weighted by Crippen LogP contribution is -2.37. The van der Waals surface area contributed by atoms with E-state index in [2.05, 4.69) is 12.2 Å². The molecule has 2 N–H and O–H groups in total. The fourth-order valence-corrected chi connectivity index (χ4v) is 2.21. The van der Waals surface area contributed by atoms with Gasteiger partial charge in [0.15, 0.2) is 0 Å². The van der Waals surface area contributed by atoms with E-state index in [1.165, 1.54) is 0 Å². The first-order valence-electron chi connectivity index (χ1n) is 6.37. The van der Waals surface area contributed by atoms with Gasteiger partial charge in [0.25, 0.3) is 0 Å². The molecule has 4 heteroatoms. The number of aliphatic hydroxyl groups excluding tert-OH is 1. The van der Waals surface area contributed by atoms with Crippen molar-refractivity contribution < 1.29 is 9.90 Å². The van der Waals surface area contributed by atoms with Gasteiger partial charge >= 0.3 is 0 Å². The summed E-state index contributed by atoms with van der Waals surface area (Å²) in [5.41, 5.74) is 0. The minimum atomic E-state index is 0.0674. The van der Waals surface area contributed by atoms with Crippen molar-refractivity contribution in [3.63, 3.8) is 0 Å². The van der Waals surface area contributed by atoms with E-state index >= 15 is 0 Å². The van der Waals surface area contributed by atoms with Crippen molar-refractivity contribution in [1.82, 2.24) is 10.2 Å². The number of hydrogen-bond acceptors (Lipinski definition) is 3. The van der Waals surface area contributed by atoms with Gasteiger partial charge in [0, 0.05) is 19.5 Å².